The third-order valence-corrected chi connectivity index (χ3v) is 4.33. The van der Waals surface area contributed by atoms with E-state index in [4.69, 9.17) is 10.5 Å². The second-order valence-corrected chi connectivity index (χ2v) is 5.98. The molecule has 1 saturated carbocycles. The number of benzene rings is 2. The van der Waals surface area contributed by atoms with Crippen LogP contribution in [-0.4, -0.2) is 24.6 Å². The Labute approximate surface area is 130 Å². The van der Waals surface area contributed by atoms with E-state index in [1.54, 1.807) is 0 Å². The quantitative estimate of drug-likeness (QED) is 0.834. The van der Waals surface area contributed by atoms with Crippen LogP contribution in [0.1, 0.15) is 25.7 Å². The first kappa shape index (κ1) is 14.9. The van der Waals surface area contributed by atoms with Crippen molar-refractivity contribution in [3.63, 3.8) is 0 Å². The standard InChI is InChI=1S/C18H22N2O2/c19-18(9-3-4-10-18)17(21)20-11-12-22-16-8-7-14-5-1-2-6-15(14)13-16/h1-2,5-8,13H,3-4,9-12,19H2,(H,20,21). The Kier molecular flexibility index (Phi) is 4.29. The fourth-order valence-corrected chi connectivity index (χ4v) is 3.00. The Morgan fingerprint density at radius 3 is 2.64 bits per heavy atom. The first-order chi connectivity index (χ1) is 10.7. The topological polar surface area (TPSA) is 64.4 Å². The van der Waals surface area contributed by atoms with Gasteiger partial charge in [0.15, 0.2) is 0 Å². The second-order valence-electron chi connectivity index (χ2n) is 5.98. The molecule has 1 amide bonds. The summed E-state index contributed by atoms with van der Waals surface area (Å²) in [5.74, 6) is 0.767. The molecule has 0 aliphatic heterocycles. The lowest BCUT2D eigenvalue weighted by molar-refractivity contribution is -0.126. The largest absolute Gasteiger partial charge is 0.492 e. The van der Waals surface area contributed by atoms with Crippen LogP contribution in [0.15, 0.2) is 42.5 Å². The highest BCUT2D eigenvalue weighted by atomic mass is 16.5. The molecule has 0 saturated heterocycles. The van der Waals surface area contributed by atoms with Crippen LogP contribution in [0.25, 0.3) is 10.8 Å². The Morgan fingerprint density at radius 2 is 1.86 bits per heavy atom. The van der Waals surface area contributed by atoms with E-state index in [2.05, 4.69) is 17.4 Å². The van der Waals surface area contributed by atoms with Gasteiger partial charge in [0.2, 0.25) is 5.91 Å². The number of hydrogen-bond donors (Lipinski definition) is 2. The lowest BCUT2D eigenvalue weighted by Crippen LogP contribution is -2.52. The molecule has 1 aliphatic carbocycles. The average molecular weight is 298 g/mol. The summed E-state index contributed by atoms with van der Waals surface area (Å²) < 4.78 is 5.70. The summed E-state index contributed by atoms with van der Waals surface area (Å²) in [5.41, 5.74) is 5.44. The van der Waals surface area contributed by atoms with Crippen LogP contribution >= 0.6 is 0 Å². The van der Waals surface area contributed by atoms with E-state index in [0.717, 1.165) is 36.8 Å². The van der Waals surface area contributed by atoms with E-state index >= 15 is 0 Å². The molecular weight excluding hydrogens is 276 g/mol. The zero-order valence-corrected chi connectivity index (χ0v) is 12.7. The third-order valence-electron chi connectivity index (χ3n) is 4.33. The van der Waals surface area contributed by atoms with Gasteiger partial charge in [0, 0.05) is 0 Å². The fraction of sp³-hybridized carbons (Fsp3) is 0.389. The highest BCUT2D eigenvalue weighted by molar-refractivity contribution is 5.86. The van der Waals surface area contributed by atoms with Gasteiger partial charge in [-0.05, 0) is 35.7 Å². The number of amides is 1. The summed E-state index contributed by atoms with van der Waals surface area (Å²) in [6.45, 7) is 0.921. The third kappa shape index (κ3) is 3.22. The second kappa shape index (κ2) is 6.36. The van der Waals surface area contributed by atoms with Gasteiger partial charge in [-0.3, -0.25) is 4.79 Å². The van der Waals surface area contributed by atoms with Gasteiger partial charge in [0.05, 0.1) is 12.1 Å². The normalized spacial score (nSPS) is 16.6. The maximum atomic E-state index is 12.1. The minimum Gasteiger partial charge on any atom is -0.492 e. The molecule has 2 aromatic carbocycles. The number of rotatable bonds is 5. The predicted octanol–water partition coefficient (Wildman–Crippen LogP) is 2.61. The summed E-state index contributed by atoms with van der Waals surface area (Å²) in [4.78, 5) is 12.1. The number of carbonyl (C=O) groups is 1. The van der Waals surface area contributed by atoms with E-state index in [1.165, 1.54) is 5.39 Å². The molecule has 2 aromatic rings. The molecule has 3 N–H and O–H groups in total. The lowest BCUT2D eigenvalue weighted by Gasteiger charge is -2.22. The lowest BCUT2D eigenvalue weighted by atomic mass is 9.98. The summed E-state index contributed by atoms with van der Waals surface area (Å²) in [6, 6.07) is 14.2. The maximum Gasteiger partial charge on any atom is 0.240 e. The molecule has 0 atom stereocenters. The van der Waals surface area contributed by atoms with Crippen LogP contribution in [0.3, 0.4) is 0 Å². The van der Waals surface area contributed by atoms with Gasteiger partial charge in [-0.25, -0.2) is 0 Å². The molecule has 0 unspecified atom stereocenters. The van der Waals surface area contributed by atoms with Gasteiger partial charge in [-0.2, -0.15) is 0 Å². The van der Waals surface area contributed by atoms with Crippen molar-refractivity contribution in [2.24, 2.45) is 5.73 Å². The van der Waals surface area contributed by atoms with Gasteiger partial charge in [-0.15, -0.1) is 0 Å². The number of carbonyl (C=O) groups excluding carboxylic acids is 1. The summed E-state index contributed by atoms with van der Waals surface area (Å²) in [6.07, 6.45) is 3.64. The zero-order chi connectivity index (χ0) is 15.4. The van der Waals surface area contributed by atoms with Crippen molar-refractivity contribution in [2.75, 3.05) is 13.2 Å². The Hall–Kier alpha value is -2.07. The van der Waals surface area contributed by atoms with Crippen molar-refractivity contribution in [1.82, 2.24) is 5.32 Å². The molecule has 0 bridgehead atoms. The van der Waals surface area contributed by atoms with Crippen LogP contribution in [0.2, 0.25) is 0 Å². The van der Waals surface area contributed by atoms with E-state index in [9.17, 15) is 4.79 Å². The van der Waals surface area contributed by atoms with Gasteiger partial charge >= 0.3 is 0 Å². The highest BCUT2D eigenvalue weighted by Gasteiger charge is 2.36. The molecule has 4 heteroatoms. The minimum atomic E-state index is -0.664. The van der Waals surface area contributed by atoms with Gasteiger partial charge < -0.3 is 15.8 Å². The molecule has 1 aliphatic rings. The van der Waals surface area contributed by atoms with Gasteiger partial charge in [0.1, 0.15) is 12.4 Å². The first-order valence-electron chi connectivity index (χ1n) is 7.86. The molecule has 0 spiro atoms. The first-order valence-corrected chi connectivity index (χ1v) is 7.86. The Morgan fingerprint density at radius 1 is 1.14 bits per heavy atom. The van der Waals surface area contributed by atoms with E-state index in [-0.39, 0.29) is 5.91 Å². The number of nitrogens with one attached hydrogen (secondary N) is 1. The fourth-order valence-electron chi connectivity index (χ4n) is 3.00. The van der Waals surface area contributed by atoms with Crippen molar-refractivity contribution in [1.29, 1.82) is 0 Å². The van der Waals surface area contributed by atoms with E-state index < -0.39 is 5.54 Å². The van der Waals surface area contributed by atoms with Crippen molar-refractivity contribution < 1.29 is 9.53 Å². The number of nitrogens with two attached hydrogens (primary N) is 1. The predicted molar refractivity (Wildman–Crippen MR) is 87.8 cm³/mol. The summed E-state index contributed by atoms with van der Waals surface area (Å²) >= 11 is 0. The monoisotopic (exact) mass is 298 g/mol. The zero-order valence-electron chi connectivity index (χ0n) is 12.7. The molecule has 0 heterocycles. The van der Waals surface area contributed by atoms with Gasteiger partial charge in [0.25, 0.3) is 0 Å². The maximum absolute atomic E-state index is 12.1. The number of fused-ring (bicyclic) bond motifs is 1. The molecule has 22 heavy (non-hydrogen) atoms. The van der Waals surface area contributed by atoms with Crippen LogP contribution in [0.5, 0.6) is 5.75 Å². The van der Waals surface area contributed by atoms with Crippen LogP contribution < -0.4 is 15.8 Å². The molecule has 4 nitrogen and oxygen atoms in total. The molecule has 0 radical (unpaired) electrons. The summed E-state index contributed by atoms with van der Waals surface area (Å²) in [5, 5.41) is 5.22. The van der Waals surface area contributed by atoms with Crippen molar-refractivity contribution >= 4 is 16.7 Å². The Balaban J connectivity index is 1.49. The molecule has 116 valence electrons. The SMILES string of the molecule is NC1(C(=O)NCCOc2ccc3ccccc3c2)CCCC1. The minimum absolute atomic E-state index is 0.0490. The number of ether oxygens (including phenoxy) is 1. The molecular formula is C18H22N2O2. The molecule has 1 fully saturated rings. The van der Waals surface area contributed by atoms with Gasteiger partial charge in [-0.1, -0.05) is 43.2 Å². The van der Waals surface area contributed by atoms with Crippen LogP contribution in [-0.2, 0) is 4.79 Å². The Bertz CT molecular complexity index is 663. The highest BCUT2D eigenvalue weighted by Crippen LogP contribution is 2.27. The average Bonchev–Trinajstić information content (AvgIpc) is 2.99. The molecule has 3 rings (SSSR count). The summed E-state index contributed by atoms with van der Waals surface area (Å²) in [7, 11) is 0. The van der Waals surface area contributed by atoms with Crippen molar-refractivity contribution in [3.05, 3.63) is 42.5 Å². The smallest absolute Gasteiger partial charge is 0.240 e. The van der Waals surface area contributed by atoms with Crippen LogP contribution in [0.4, 0.5) is 0 Å². The van der Waals surface area contributed by atoms with Crippen molar-refractivity contribution in [2.45, 2.75) is 31.2 Å². The van der Waals surface area contributed by atoms with Crippen LogP contribution in [0, 0.1) is 0 Å². The molecule has 0 aromatic heterocycles. The van der Waals surface area contributed by atoms with Crippen molar-refractivity contribution in [3.8, 4) is 5.75 Å². The van der Waals surface area contributed by atoms with E-state index in [1.807, 2.05) is 30.3 Å². The van der Waals surface area contributed by atoms with E-state index in [0.29, 0.717) is 13.2 Å². The number of hydrogen-bond acceptors (Lipinski definition) is 3.